The van der Waals surface area contributed by atoms with Gasteiger partial charge in [0.25, 0.3) is 21.8 Å². The lowest BCUT2D eigenvalue weighted by atomic mass is 9.70. The van der Waals surface area contributed by atoms with Gasteiger partial charge >= 0.3 is 0 Å². The second kappa shape index (κ2) is 18.4. The van der Waals surface area contributed by atoms with E-state index >= 15 is 0 Å². The van der Waals surface area contributed by atoms with Crippen LogP contribution in [0.1, 0.15) is 112 Å². The molecule has 69 heavy (non-hydrogen) atoms. The van der Waals surface area contributed by atoms with E-state index in [2.05, 4.69) is 78.1 Å². The lowest BCUT2D eigenvalue weighted by Gasteiger charge is -2.57. The van der Waals surface area contributed by atoms with Crippen LogP contribution in [-0.4, -0.2) is 103 Å². The molecule has 1 unspecified atom stereocenters. The summed E-state index contributed by atoms with van der Waals surface area (Å²) in [4.78, 5) is 26.4. The van der Waals surface area contributed by atoms with E-state index in [0.29, 0.717) is 54.4 Å². The Kier molecular flexibility index (Phi) is 12.5. The van der Waals surface area contributed by atoms with Crippen LogP contribution in [0.3, 0.4) is 0 Å². The Labute approximate surface area is 402 Å². The largest absolute Gasteiger partial charge is 0.494 e. The summed E-state index contributed by atoms with van der Waals surface area (Å²) in [5.74, 6) is 0.215. The number of anilines is 2. The van der Waals surface area contributed by atoms with E-state index in [9.17, 15) is 22.7 Å². The number of carbonyl (C=O) groups excluding carboxylic acids is 1. The SMILES string of the molecule is COc1cc(S(=O)(=O)NC(=O)c2ccc(N3CCC4(CC3)CN([C@H]3CCCC3c3ccccc3C(C)C)C4)cc2Oc2cc3c(F)c[nH]c3nc2OC)c2cn[nH]c2c1NCC1CCC(C)(O)CC1. The molecule has 2 saturated heterocycles. The molecule has 4 aliphatic rings. The van der Waals surface area contributed by atoms with Gasteiger partial charge < -0.3 is 34.5 Å². The van der Waals surface area contributed by atoms with Crippen LogP contribution >= 0.6 is 0 Å². The van der Waals surface area contributed by atoms with Crippen molar-refractivity contribution in [2.45, 2.75) is 107 Å². The Morgan fingerprint density at radius 1 is 0.957 bits per heavy atom. The maximum Gasteiger partial charge on any atom is 0.268 e. The van der Waals surface area contributed by atoms with Gasteiger partial charge in [-0.15, -0.1) is 0 Å². The minimum Gasteiger partial charge on any atom is -0.494 e. The molecule has 5 N–H and O–H groups in total. The van der Waals surface area contributed by atoms with Crippen LogP contribution in [-0.2, 0) is 10.0 Å². The van der Waals surface area contributed by atoms with Gasteiger partial charge in [-0.1, -0.05) is 44.5 Å². The average molecular weight is 963 g/mol. The number of benzene rings is 3. The maximum absolute atomic E-state index is 14.9. The number of methoxy groups -OCH3 is 2. The normalized spacial score (nSPS) is 22.8. The predicted molar refractivity (Wildman–Crippen MR) is 264 cm³/mol. The number of sulfonamides is 1. The average Bonchev–Trinajstić information content (AvgIpc) is 4.10. The molecule has 2 atom stereocenters. The second-order valence-corrected chi connectivity index (χ2v) is 22.1. The van der Waals surface area contributed by atoms with Crippen molar-refractivity contribution in [3.05, 3.63) is 89.5 Å². The number of amides is 1. The third-order valence-corrected chi connectivity index (χ3v) is 16.9. The van der Waals surface area contributed by atoms with Crippen LogP contribution in [0.25, 0.3) is 21.9 Å². The molecule has 4 fully saturated rings. The van der Waals surface area contributed by atoms with Gasteiger partial charge in [-0.3, -0.25) is 14.8 Å². The Bertz CT molecular complexity index is 2980. The van der Waals surface area contributed by atoms with Crippen LogP contribution in [0.2, 0.25) is 0 Å². The van der Waals surface area contributed by atoms with Crippen molar-refractivity contribution in [2.24, 2.45) is 11.3 Å². The molecule has 3 aromatic heterocycles. The fraction of sp³-hybridized carbons (Fsp3) is 0.481. The lowest BCUT2D eigenvalue weighted by molar-refractivity contribution is -0.0493. The van der Waals surface area contributed by atoms with E-state index in [1.807, 2.05) is 13.0 Å². The monoisotopic (exact) mass is 962 g/mol. The van der Waals surface area contributed by atoms with Gasteiger partial charge in [-0.2, -0.15) is 10.1 Å². The molecule has 5 heterocycles. The van der Waals surface area contributed by atoms with Gasteiger partial charge in [-0.25, -0.2) is 17.5 Å². The fourth-order valence-corrected chi connectivity index (χ4v) is 12.8. The highest BCUT2D eigenvalue weighted by atomic mass is 32.2. The van der Waals surface area contributed by atoms with E-state index in [4.69, 9.17) is 14.2 Å². The van der Waals surface area contributed by atoms with Gasteiger partial charge in [0.05, 0.1) is 42.5 Å². The fourth-order valence-electron chi connectivity index (χ4n) is 11.6. The first-order valence-corrected chi connectivity index (χ1v) is 25.8. The summed E-state index contributed by atoms with van der Waals surface area (Å²) in [5, 5.41) is 21.4. The Morgan fingerprint density at radius 3 is 2.46 bits per heavy atom. The smallest absolute Gasteiger partial charge is 0.268 e. The number of carbonyl (C=O) groups is 1. The highest BCUT2D eigenvalue weighted by Crippen LogP contribution is 2.49. The number of fused-ring (bicyclic) bond motifs is 2. The molecule has 2 aliphatic carbocycles. The molecule has 1 amide bonds. The molecule has 2 saturated carbocycles. The first-order chi connectivity index (χ1) is 33.1. The Balaban J connectivity index is 0.890. The van der Waals surface area contributed by atoms with E-state index in [1.165, 1.54) is 69.1 Å². The second-order valence-electron chi connectivity index (χ2n) is 20.5. The van der Waals surface area contributed by atoms with Gasteiger partial charge in [0, 0.05) is 74.2 Å². The van der Waals surface area contributed by atoms with Crippen LogP contribution < -0.4 is 29.1 Å². The van der Waals surface area contributed by atoms with Gasteiger partial charge in [0.15, 0.2) is 5.75 Å². The number of piperidine rings is 1. The molecule has 2 aliphatic heterocycles. The number of hydrogen-bond acceptors (Lipinski definition) is 12. The number of halogens is 1. The standard InChI is InChI=1S/C52H63FN8O7S/c1-31(2)34-9-6-7-10-35(34)36-11-8-12-41(36)61-29-52(30-61)19-21-60(22-20-52)33-13-14-37(42(23-33)68-44-24-38-40(53)28-55-48(38)57-50(44)67-5)49(62)59-69(64,65)45-25-43(66-4)47(46-39(45)27-56-58-46)54-26-32-15-17-51(3,63)18-16-32/h6-7,9-10,13-14,23-25,27-28,31-32,36,41,54,63H,8,11-12,15-22,26,29-30H2,1-5H3,(H,55,57)(H,56,58)(H,59,62)/t32?,36?,41-,51?/m0/s1. The minimum atomic E-state index is -4.56. The van der Waals surface area contributed by atoms with Gasteiger partial charge in [-0.05, 0) is 105 Å². The molecule has 0 bridgehead atoms. The molecule has 17 heteroatoms. The van der Waals surface area contributed by atoms with Crippen LogP contribution in [0, 0.1) is 17.2 Å². The number of ether oxygens (including phenoxy) is 3. The summed E-state index contributed by atoms with van der Waals surface area (Å²) in [7, 11) is -1.71. The zero-order valence-electron chi connectivity index (χ0n) is 40.0. The Morgan fingerprint density at radius 2 is 1.72 bits per heavy atom. The molecule has 1 spiro atoms. The zero-order valence-corrected chi connectivity index (χ0v) is 40.8. The number of hydrogen-bond donors (Lipinski definition) is 5. The first kappa shape index (κ1) is 46.8. The maximum atomic E-state index is 14.9. The molecular formula is C52H63FN8O7S. The number of aromatic nitrogens is 4. The Hall–Kier alpha value is -5.91. The number of aliphatic hydroxyl groups is 1. The number of rotatable bonds is 14. The summed E-state index contributed by atoms with van der Waals surface area (Å²) in [6, 6.07) is 17.5. The lowest BCUT2D eigenvalue weighted by Crippen LogP contribution is -2.63. The summed E-state index contributed by atoms with van der Waals surface area (Å²) < 4.78 is 63.6. The van der Waals surface area contributed by atoms with Gasteiger partial charge in [0.1, 0.15) is 33.5 Å². The zero-order chi connectivity index (χ0) is 48.2. The van der Waals surface area contributed by atoms with Crippen molar-refractivity contribution < 1.29 is 36.9 Å². The van der Waals surface area contributed by atoms with Crippen LogP contribution in [0.4, 0.5) is 15.8 Å². The van der Waals surface area contributed by atoms with E-state index in [0.717, 1.165) is 57.5 Å². The van der Waals surface area contributed by atoms with Crippen molar-refractivity contribution in [1.82, 2.24) is 29.8 Å². The van der Waals surface area contributed by atoms with E-state index in [-0.39, 0.29) is 55.4 Å². The number of nitrogens with zero attached hydrogens (tertiary/aromatic N) is 4. The van der Waals surface area contributed by atoms with Crippen LogP contribution in [0.15, 0.2) is 71.9 Å². The quantitative estimate of drug-likeness (QED) is 0.0698. The van der Waals surface area contributed by atoms with Crippen molar-refractivity contribution >= 4 is 49.2 Å². The summed E-state index contributed by atoms with van der Waals surface area (Å²) in [6.45, 7) is 10.8. The summed E-state index contributed by atoms with van der Waals surface area (Å²) >= 11 is 0. The topological polar surface area (TPSA) is 187 Å². The summed E-state index contributed by atoms with van der Waals surface area (Å²) in [6.07, 6.45) is 11.4. The van der Waals surface area contributed by atoms with E-state index in [1.54, 1.807) is 12.1 Å². The molecule has 0 radical (unpaired) electrons. The minimum absolute atomic E-state index is 0.0365. The molecular weight excluding hydrogens is 900 g/mol. The van der Waals surface area contributed by atoms with Crippen molar-refractivity contribution in [3.8, 4) is 23.1 Å². The summed E-state index contributed by atoms with van der Waals surface area (Å²) in [5.41, 5.74) is 4.47. The molecule has 10 rings (SSSR count). The molecule has 3 aromatic carbocycles. The molecule has 6 aromatic rings. The molecule has 15 nitrogen and oxygen atoms in total. The van der Waals surface area contributed by atoms with Crippen molar-refractivity contribution in [3.63, 3.8) is 0 Å². The highest BCUT2D eigenvalue weighted by molar-refractivity contribution is 7.90. The van der Waals surface area contributed by atoms with Crippen molar-refractivity contribution in [1.29, 1.82) is 0 Å². The van der Waals surface area contributed by atoms with Gasteiger partial charge in [0.2, 0.25) is 0 Å². The number of likely N-dealkylation sites (tertiary alicyclic amines) is 1. The third kappa shape index (κ3) is 9.09. The van der Waals surface area contributed by atoms with Crippen LogP contribution in [0.5, 0.6) is 23.1 Å². The predicted octanol–water partition coefficient (Wildman–Crippen LogP) is 9.22. The number of nitrogens with one attached hydrogen (secondary N) is 4. The number of H-pyrrole nitrogens is 2. The molecule has 366 valence electrons. The third-order valence-electron chi connectivity index (χ3n) is 15.6. The number of aromatic amines is 2. The highest BCUT2D eigenvalue weighted by Gasteiger charge is 2.49. The van der Waals surface area contributed by atoms with E-state index < -0.39 is 27.3 Å². The number of pyridine rings is 1. The first-order valence-electron chi connectivity index (χ1n) is 24.3. The van der Waals surface area contributed by atoms with Crippen molar-refractivity contribution in [2.75, 3.05) is 57.2 Å².